The van der Waals surface area contributed by atoms with E-state index in [-0.39, 0.29) is 42.5 Å². The van der Waals surface area contributed by atoms with Crippen LogP contribution in [-0.4, -0.2) is 47.1 Å². The first-order chi connectivity index (χ1) is 14.8. The molecule has 166 valence electrons. The van der Waals surface area contributed by atoms with Crippen LogP contribution in [0.15, 0.2) is 24.3 Å². The normalized spacial score (nSPS) is 21.3. The van der Waals surface area contributed by atoms with Crippen molar-refractivity contribution < 1.29 is 28.7 Å². The Morgan fingerprint density at radius 3 is 2.03 bits per heavy atom. The number of benzene rings is 1. The molecule has 1 aliphatic carbocycles. The summed E-state index contributed by atoms with van der Waals surface area (Å²) >= 11 is 0. The average Bonchev–Trinajstić information content (AvgIpc) is 2.98. The van der Waals surface area contributed by atoms with Gasteiger partial charge in [0.1, 0.15) is 0 Å². The average molecular weight is 429 g/mol. The van der Waals surface area contributed by atoms with Crippen molar-refractivity contribution in [2.75, 3.05) is 17.2 Å². The molecular weight excluding hydrogens is 402 g/mol. The van der Waals surface area contributed by atoms with Crippen LogP contribution >= 0.6 is 0 Å². The van der Waals surface area contributed by atoms with E-state index < -0.39 is 18.0 Å². The van der Waals surface area contributed by atoms with E-state index in [9.17, 15) is 24.0 Å². The number of nitrogens with zero attached hydrogens (tertiary/aromatic N) is 1. The molecule has 0 aromatic heterocycles. The molecule has 1 aromatic rings. The zero-order valence-corrected chi connectivity index (χ0v) is 17.7. The van der Waals surface area contributed by atoms with Gasteiger partial charge < -0.3 is 15.4 Å². The summed E-state index contributed by atoms with van der Waals surface area (Å²) in [4.78, 5) is 61.5. The minimum atomic E-state index is -1.05. The lowest BCUT2D eigenvalue weighted by atomic mass is 9.81. The zero-order valence-electron chi connectivity index (χ0n) is 17.7. The molecule has 1 aromatic carbocycles. The number of carbonyl (C=O) groups excluding carboxylic acids is 5. The number of anilines is 2. The Hall–Kier alpha value is -3.23. The zero-order chi connectivity index (χ0) is 22.5. The highest BCUT2D eigenvalue weighted by Crippen LogP contribution is 2.37. The smallest absolute Gasteiger partial charge is 0.308 e. The lowest BCUT2D eigenvalue weighted by Gasteiger charge is -2.19. The van der Waals surface area contributed by atoms with E-state index in [0.29, 0.717) is 11.4 Å². The maximum atomic E-state index is 12.4. The topological polar surface area (TPSA) is 122 Å². The van der Waals surface area contributed by atoms with E-state index in [1.807, 2.05) is 0 Å². The SMILES string of the molecule is CC(=O)Nc1ccc(NC(=O)C(C)OC(=O)CCN2C(=O)C3CCCCC3C2=O)cc1. The van der Waals surface area contributed by atoms with Crippen molar-refractivity contribution in [1.82, 2.24) is 4.90 Å². The molecule has 9 heteroatoms. The summed E-state index contributed by atoms with van der Waals surface area (Å²) in [7, 11) is 0. The molecule has 31 heavy (non-hydrogen) atoms. The summed E-state index contributed by atoms with van der Waals surface area (Å²) in [6, 6.07) is 6.49. The predicted octanol–water partition coefficient (Wildman–Crippen LogP) is 2.08. The van der Waals surface area contributed by atoms with E-state index in [0.717, 1.165) is 25.7 Å². The monoisotopic (exact) mass is 429 g/mol. The van der Waals surface area contributed by atoms with Crippen LogP contribution in [0.25, 0.3) is 0 Å². The quantitative estimate of drug-likeness (QED) is 0.506. The standard InChI is InChI=1S/C22H27N3O6/c1-13(20(28)24-16-9-7-15(8-10-16)23-14(2)26)31-19(27)11-12-25-21(29)17-5-3-4-6-18(17)22(25)30/h7-10,13,17-18H,3-6,11-12H2,1-2H3,(H,23,26)(H,24,28). The maximum Gasteiger partial charge on any atom is 0.308 e. The van der Waals surface area contributed by atoms with E-state index >= 15 is 0 Å². The van der Waals surface area contributed by atoms with E-state index in [4.69, 9.17) is 4.74 Å². The molecule has 1 saturated heterocycles. The van der Waals surface area contributed by atoms with Crippen molar-refractivity contribution in [3.05, 3.63) is 24.3 Å². The number of carbonyl (C=O) groups is 5. The van der Waals surface area contributed by atoms with Crippen LogP contribution in [0.2, 0.25) is 0 Å². The molecule has 3 rings (SSSR count). The molecule has 2 N–H and O–H groups in total. The molecule has 1 aliphatic heterocycles. The summed E-state index contributed by atoms with van der Waals surface area (Å²) in [6.07, 6.45) is 2.13. The number of fused-ring (bicyclic) bond motifs is 1. The van der Waals surface area contributed by atoms with Gasteiger partial charge in [0.2, 0.25) is 17.7 Å². The molecule has 2 aliphatic rings. The van der Waals surface area contributed by atoms with Crippen LogP contribution in [0, 0.1) is 11.8 Å². The number of ether oxygens (including phenoxy) is 1. The second-order valence-electron chi connectivity index (χ2n) is 7.96. The molecular formula is C22H27N3O6. The Balaban J connectivity index is 1.45. The van der Waals surface area contributed by atoms with Crippen LogP contribution in [0.4, 0.5) is 11.4 Å². The molecule has 0 spiro atoms. The predicted molar refractivity (Wildman–Crippen MR) is 112 cm³/mol. The summed E-state index contributed by atoms with van der Waals surface area (Å²) in [5.74, 6) is -2.27. The second kappa shape index (κ2) is 9.72. The third kappa shape index (κ3) is 5.48. The van der Waals surface area contributed by atoms with Gasteiger partial charge in [-0.25, -0.2) is 0 Å². The highest BCUT2D eigenvalue weighted by molar-refractivity contribution is 6.05. The first-order valence-corrected chi connectivity index (χ1v) is 10.5. The molecule has 2 fully saturated rings. The Morgan fingerprint density at radius 1 is 1.00 bits per heavy atom. The van der Waals surface area contributed by atoms with Gasteiger partial charge in [0.25, 0.3) is 5.91 Å². The van der Waals surface area contributed by atoms with Crippen LogP contribution in [0.1, 0.15) is 46.0 Å². The number of esters is 1. The molecule has 3 unspecified atom stereocenters. The third-order valence-electron chi connectivity index (χ3n) is 5.62. The van der Waals surface area contributed by atoms with Gasteiger partial charge in [0, 0.05) is 24.8 Å². The minimum Gasteiger partial charge on any atom is -0.452 e. The van der Waals surface area contributed by atoms with E-state index in [2.05, 4.69) is 10.6 Å². The molecule has 1 saturated carbocycles. The summed E-state index contributed by atoms with van der Waals surface area (Å²) in [5, 5.41) is 5.25. The van der Waals surface area contributed by atoms with Crippen molar-refractivity contribution in [3.63, 3.8) is 0 Å². The van der Waals surface area contributed by atoms with Gasteiger partial charge in [0.05, 0.1) is 18.3 Å². The Labute approximate surface area is 180 Å². The summed E-state index contributed by atoms with van der Waals surface area (Å²) in [6.45, 7) is 2.82. The van der Waals surface area contributed by atoms with E-state index in [1.54, 1.807) is 24.3 Å². The fourth-order valence-electron chi connectivity index (χ4n) is 4.05. The van der Waals surface area contributed by atoms with Crippen LogP contribution in [-0.2, 0) is 28.7 Å². The van der Waals surface area contributed by atoms with E-state index in [1.165, 1.54) is 18.7 Å². The lowest BCUT2D eigenvalue weighted by molar-refractivity contribution is -0.154. The second-order valence-corrected chi connectivity index (χ2v) is 7.96. The van der Waals surface area contributed by atoms with Gasteiger partial charge >= 0.3 is 5.97 Å². The van der Waals surface area contributed by atoms with Gasteiger partial charge in [-0.05, 0) is 44.0 Å². The number of amides is 4. The van der Waals surface area contributed by atoms with Gasteiger partial charge in [-0.3, -0.25) is 28.9 Å². The first-order valence-electron chi connectivity index (χ1n) is 10.5. The number of imide groups is 1. The highest BCUT2D eigenvalue weighted by Gasteiger charge is 2.47. The third-order valence-corrected chi connectivity index (χ3v) is 5.62. The number of rotatable bonds is 7. The molecule has 1 heterocycles. The van der Waals surface area contributed by atoms with Gasteiger partial charge in [-0.2, -0.15) is 0 Å². The van der Waals surface area contributed by atoms with Gasteiger partial charge in [-0.1, -0.05) is 12.8 Å². The molecule has 9 nitrogen and oxygen atoms in total. The van der Waals surface area contributed by atoms with Crippen LogP contribution in [0.3, 0.4) is 0 Å². The minimum absolute atomic E-state index is 0.0253. The highest BCUT2D eigenvalue weighted by atomic mass is 16.5. The first kappa shape index (κ1) is 22.5. The van der Waals surface area contributed by atoms with Crippen LogP contribution < -0.4 is 10.6 Å². The number of hydrogen-bond donors (Lipinski definition) is 2. The fraction of sp³-hybridized carbons (Fsp3) is 0.500. The summed E-state index contributed by atoms with van der Waals surface area (Å²) in [5.41, 5.74) is 1.08. The van der Waals surface area contributed by atoms with Crippen molar-refractivity contribution in [1.29, 1.82) is 0 Å². The number of hydrogen-bond acceptors (Lipinski definition) is 6. The lowest BCUT2D eigenvalue weighted by Crippen LogP contribution is -2.35. The molecule has 4 amide bonds. The fourth-order valence-corrected chi connectivity index (χ4v) is 4.05. The number of likely N-dealkylation sites (tertiary alicyclic amines) is 1. The Bertz CT molecular complexity index is 858. The van der Waals surface area contributed by atoms with Crippen molar-refractivity contribution in [2.45, 2.75) is 52.1 Å². The Kier molecular flexibility index (Phi) is 7.04. The molecule has 3 atom stereocenters. The number of nitrogens with one attached hydrogen (secondary N) is 2. The Morgan fingerprint density at radius 2 is 1.52 bits per heavy atom. The van der Waals surface area contributed by atoms with Gasteiger partial charge in [0.15, 0.2) is 6.10 Å². The summed E-state index contributed by atoms with van der Waals surface area (Å²) < 4.78 is 5.15. The van der Waals surface area contributed by atoms with Gasteiger partial charge in [-0.15, -0.1) is 0 Å². The molecule has 0 bridgehead atoms. The van der Waals surface area contributed by atoms with Crippen molar-refractivity contribution >= 4 is 41.0 Å². The molecule has 0 radical (unpaired) electrons. The largest absolute Gasteiger partial charge is 0.452 e. The maximum absolute atomic E-state index is 12.4. The van der Waals surface area contributed by atoms with Crippen molar-refractivity contribution in [3.8, 4) is 0 Å². The van der Waals surface area contributed by atoms with Crippen LogP contribution in [0.5, 0.6) is 0 Å². The van der Waals surface area contributed by atoms with Crippen molar-refractivity contribution in [2.24, 2.45) is 11.8 Å².